The fraction of sp³-hybridized carbons (Fsp3) is 0.385. The molecule has 2 rings (SSSR count). The van der Waals surface area contributed by atoms with Crippen LogP contribution in [0.15, 0.2) is 30.3 Å². The first-order valence-corrected chi connectivity index (χ1v) is 7.22. The summed E-state index contributed by atoms with van der Waals surface area (Å²) in [5.74, 6) is -0.733. The van der Waals surface area contributed by atoms with Crippen molar-refractivity contribution >= 4 is 40.2 Å². The van der Waals surface area contributed by atoms with E-state index in [1.165, 1.54) is 0 Å². The number of anilines is 1. The standard InChI is InChI=1S/C13H14INO3/c1-13(7-10(8-14)18-12(13)17)11(16)15-9-5-3-2-4-6-9/h2-6,10H,7-8H2,1H3,(H,15,16)/t10-,13+/m0/s1. The molecule has 1 aromatic rings. The Hall–Kier alpha value is -1.11. The van der Waals surface area contributed by atoms with E-state index >= 15 is 0 Å². The fourth-order valence-corrected chi connectivity index (χ4v) is 2.41. The molecule has 4 nitrogen and oxygen atoms in total. The Morgan fingerprint density at radius 2 is 2.17 bits per heavy atom. The van der Waals surface area contributed by atoms with Gasteiger partial charge in [-0.15, -0.1) is 0 Å². The lowest BCUT2D eigenvalue weighted by molar-refractivity contribution is -0.150. The molecule has 1 heterocycles. The molecule has 96 valence electrons. The van der Waals surface area contributed by atoms with Gasteiger partial charge in [0.1, 0.15) is 11.5 Å². The zero-order valence-electron chi connectivity index (χ0n) is 9.98. The number of halogens is 1. The summed E-state index contributed by atoms with van der Waals surface area (Å²) in [6, 6.07) is 9.11. The Bertz CT molecular complexity index is 463. The minimum atomic E-state index is -1.08. The first-order chi connectivity index (χ1) is 8.56. The maximum absolute atomic E-state index is 12.2. The number of hydrogen-bond acceptors (Lipinski definition) is 3. The predicted octanol–water partition coefficient (Wildman–Crippen LogP) is 2.38. The summed E-state index contributed by atoms with van der Waals surface area (Å²) >= 11 is 2.15. The first-order valence-electron chi connectivity index (χ1n) is 5.70. The highest BCUT2D eigenvalue weighted by Gasteiger charge is 2.50. The van der Waals surface area contributed by atoms with Crippen LogP contribution in [0.5, 0.6) is 0 Å². The van der Waals surface area contributed by atoms with Crippen molar-refractivity contribution in [1.29, 1.82) is 0 Å². The van der Waals surface area contributed by atoms with Gasteiger partial charge in [0.15, 0.2) is 0 Å². The van der Waals surface area contributed by atoms with E-state index < -0.39 is 11.4 Å². The van der Waals surface area contributed by atoms with Crippen molar-refractivity contribution in [3.8, 4) is 0 Å². The van der Waals surface area contributed by atoms with Crippen LogP contribution in [0.1, 0.15) is 13.3 Å². The molecule has 0 aromatic heterocycles. The normalized spacial score (nSPS) is 26.8. The number of alkyl halides is 1. The van der Waals surface area contributed by atoms with Crippen LogP contribution in [0.2, 0.25) is 0 Å². The van der Waals surface area contributed by atoms with E-state index in [-0.39, 0.29) is 12.0 Å². The van der Waals surface area contributed by atoms with E-state index in [0.717, 1.165) is 0 Å². The van der Waals surface area contributed by atoms with E-state index in [2.05, 4.69) is 27.9 Å². The maximum atomic E-state index is 12.2. The highest BCUT2D eigenvalue weighted by atomic mass is 127. The molecule has 1 N–H and O–H groups in total. The largest absolute Gasteiger partial charge is 0.461 e. The zero-order chi connectivity index (χ0) is 13.2. The lowest BCUT2D eigenvalue weighted by atomic mass is 9.86. The minimum absolute atomic E-state index is 0.162. The van der Waals surface area contributed by atoms with Crippen LogP contribution in [0.25, 0.3) is 0 Å². The van der Waals surface area contributed by atoms with Crippen molar-refractivity contribution in [3.63, 3.8) is 0 Å². The number of nitrogens with one attached hydrogen (secondary N) is 1. The molecule has 2 atom stereocenters. The highest BCUT2D eigenvalue weighted by Crippen LogP contribution is 2.35. The average molecular weight is 359 g/mol. The molecule has 0 unspecified atom stereocenters. The summed E-state index contributed by atoms with van der Waals surface area (Å²) in [7, 11) is 0. The van der Waals surface area contributed by atoms with E-state index in [1.807, 2.05) is 18.2 Å². The number of carbonyl (C=O) groups excluding carboxylic acids is 2. The third-order valence-electron chi connectivity index (χ3n) is 3.07. The van der Waals surface area contributed by atoms with Crippen LogP contribution in [0, 0.1) is 5.41 Å². The van der Waals surface area contributed by atoms with Crippen LogP contribution in [-0.2, 0) is 14.3 Å². The molecular weight excluding hydrogens is 345 g/mol. The quantitative estimate of drug-likeness (QED) is 0.390. The number of amides is 1. The van der Waals surface area contributed by atoms with Crippen molar-refractivity contribution in [1.82, 2.24) is 0 Å². The molecule has 0 spiro atoms. The third-order valence-corrected chi connectivity index (χ3v) is 4.05. The third kappa shape index (κ3) is 2.50. The van der Waals surface area contributed by atoms with Crippen LogP contribution in [0.4, 0.5) is 5.69 Å². The molecule has 0 saturated carbocycles. The molecule has 1 saturated heterocycles. The molecular formula is C13H14INO3. The molecule has 1 amide bonds. The Balaban J connectivity index is 2.11. The number of ether oxygens (including phenoxy) is 1. The minimum Gasteiger partial charge on any atom is -0.461 e. The summed E-state index contributed by atoms with van der Waals surface area (Å²) in [6.45, 7) is 1.64. The molecule has 0 aliphatic carbocycles. The summed E-state index contributed by atoms with van der Waals surface area (Å²) in [5, 5.41) is 2.76. The van der Waals surface area contributed by atoms with E-state index in [1.54, 1.807) is 19.1 Å². The van der Waals surface area contributed by atoms with Gasteiger partial charge in [0.2, 0.25) is 5.91 Å². The van der Waals surface area contributed by atoms with Crippen molar-refractivity contribution in [3.05, 3.63) is 30.3 Å². The SMILES string of the molecule is C[C@]1(C(=O)Nc2ccccc2)C[C@@H](CI)OC1=O. The molecule has 1 fully saturated rings. The van der Waals surface area contributed by atoms with Crippen molar-refractivity contribution in [2.75, 3.05) is 9.74 Å². The van der Waals surface area contributed by atoms with Crippen LogP contribution in [-0.4, -0.2) is 22.4 Å². The number of carbonyl (C=O) groups is 2. The smallest absolute Gasteiger partial charge is 0.321 e. The fourth-order valence-electron chi connectivity index (χ4n) is 1.92. The zero-order valence-corrected chi connectivity index (χ0v) is 12.1. The van der Waals surface area contributed by atoms with E-state index in [0.29, 0.717) is 16.5 Å². The van der Waals surface area contributed by atoms with Gasteiger partial charge in [0, 0.05) is 16.5 Å². The number of benzene rings is 1. The summed E-state index contributed by atoms with van der Waals surface area (Å²) in [6.07, 6.45) is 0.276. The lowest BCUT2D eigenvalue weighted by Gasteiger charge is -2.18. The monoisotopic (exact) mass is 359 g/mol. The molecule has 1 aliphatic heterocycles. The van der Waals surface area contributed by atoms with Gasteiger partial charge in [-0.3, -0.25) is 9.59 Å². The lowest BCUT2D eigenvalue weighted by Crippen LogP contribution is -2.37. The van der Waals surface area contributed by atoms with Crippen LogP contribution >= 0.6 is 22.6 Å². The van der Waals surface area contributed by atoms with Crippen molar-refractivity contribution in [2.45, 2.75) is 19.4 Å². The average Bonchev–Trinajstić information content (AvgIpc) is 2.68. The Kier molecular flexibility index (Phi) is 3.89. The van der Waals surface area contributed by atoms with Gasteiger partial charge >= 0.3 is 5.97 Å². The second-order valence-electron chi connectivity index (χ2n) is 4.54. The Morgan fingerprint density at radius 1 is 1.50 bits per heavy atom. The first kappa shape index (κ1) is 13.3. The topological polar surface area (TPSA) is 55.4 Å². The summed E-state index contributed by atoms with van der Waals surface area (Å²) in [5.41, 5.74) is -0.388. The summed E-state index contributed by atoms with van der Waals surface area (Å²) < 4.78 is 5.88. The van der Waals surface area contributed by atoms with Gasteiger partial charge in [-0.25, -0.2) is 0 Å². The number of rotatable bonds is 3. The van der Waals surface area contributed by atoms with Crippen LogP contribution in [0.3, 0.4) is 0 Å². The second-order valence-corrected chi connectivity index (χ2v) is 5.42. The molecule has 0 radical (unpaired) electrons. The number of cyclic esters (lactones) is 1. The van der Waals surface area contributed by atoms with Crippen molar-refractivity contribution < 1.29 is 14.3 Å². The second kappa shape index (κ2) is 5.26. The molecule has 18 heavy (non-hydrogen) atoms. The molecule has 5 heteroatoms. The number of esters is 1. The van der Waals surface area contributed by atoms with Gasteiger partial charge < -0.3 is 10.1 Å². The maximum Gasteiger partial charge on any atom is 0.321 e. The van der Waals surface area contributed by atoms with E-state index in [9.17, 15) is 9.59 Å². The molecule has 0 bridgehead atoms. The molecule has 1 aromatic carbocycles. The van der Waals surface area contributed by atoms with Crippen LogP contribution < -0.4 is 5.32 Å². The Labute approximate surface area is 119 Å². The summed E-state index contributed by atoms with van der Waals surface area (Å²) in [4.78, 5) is 24.0. The van der Waals surface area contributed by atoms with Crippen molar-refractivity contribution in [2.24, 2.45) is 5.41 Å². The molecule has 1 aliphatic rings. The van der Waals surface area contributed by atoms with Gasteiger partial charge in [-0.2, -0.15) is 0 Å². The highest BCUT2D eigenvalue weighted by molar-refractivity contribution is 14.1. The number of para-hydroxylation sites is 1. The van der Waals surface area contributed by atoms with Gasteiger partial charge in [-0.05, 0) is 19.1 Å². The van der Waals surface area contributed by atoms with Gasteiger partial charge in [0.05, 0.1) is 0 Å². The number of hydrogen-bond donors (Lipinski definition) is 1. The van der Waals surface area contributed by atoms with Gasteiger partial charge in [-0.1, -0.05) is 40.8 Å². The van der Waals surface area contributed by atoms with Gasteiger partial charge in [0.25, 0.3) is 0 Å². The Morgan fingerprint density at radius 3 is 2.72 bits per heavy atom. The van der Waals surface area contributed by atoms with E-state index in [4.69, 9.17) is 4.74 Å². The predicted molar refractivity (Wildman–Crippen MR) is 76.6 cm³/mol.